The van der Waals surface area contributed by atoms with Gasteiger partial charge in [0, 0.05) is 25.7 Å². The van der Waals surface area contributed by atoms with E-state index < -0.39 is 0 Å². The molecule has 1 amide bonds. The molecule has 5 nitrogen and oxygen atoms in total. The highest BCUT2D eigenvalue weighted by Gasteiger charge is 2.20. The van der Waals surface area contributed by atoms with E-state index in [1.165, 1.54) is 11.1 Å². The largest absolute Gasteiger partial charge is 0.378 e. The Balaban J connectivity index is 0.00000264. The van der Waals surface area contributed by atoms with E-state index >= 15 is 0 Å². The molecule has 1 aromatic rings. The van der Waals surface area contributed by atoms with Crippen molar-refractivity contribution in [2.75, 3.05) is 26.8 Å². The lowest BCUT2D eigenvalue weighted by atomic mass is 10.1. The Morgan fingerprint density at radius 1 is 1.33 bits per heavy atom. The van der Waals surface area contributed by atoms with Gasteiger partial charge >= 0.3 is 0 Å². The van der Waals surface area contributed by atoms with E-state index in [1.807, 2.05) is 12.1 Å². The number of amides is 1. The molecule has 0 aliphatic carbocycles. The van der Waals surface area contributed by atoms with Crippen LogP contribution in [0.4, 0.5) is 0 Å². The van der Waals surface area contributed by atoms with Gasteiger partial charge in [0.1, 0.15) is 6.04 Å². The number of hydrogen-bond donors (Lipinski definition) is 2. The van der Waals surface area contributed by atoms with E-state index in [-0.39, 0.29) is 36.8 Å². The number of nitrogens with one attached hydrogen (secondary N) is 2. The molecular weight excluding hydrogens is 349 g/mol. The van der Waals surface area contributed by atoms with Crippen molar-refractivity contribution < 1.29 is 9.53 Å². The summed E-state index contributed by atoms with van der Waals surface area (Å²) in [4.78, 5) is 14.4. The molecule has 0 aromatic heterocycles. The van der Waals surface area contributed by atoms with Crippen molar-refractivity contribution in [3.05, 3.63) is 35.4 Å². The van der Waals surface area contributed by atoms with Crippen molar-refractivity contribution >= 4 is 30.7 Å². The topological polar surface area (TPSA) is 53.6 Å². The minimum atomic E-state index is -0.237. The van der Waals surface area contributed by atoms with Crippen LogP contribution in [0.15, 0.2) is 24.3 Å². The van der Waals surface area contributed by atoms with E-state index in [0.29, 0.717) is 25.8 Å². The van der Waals surface area contributed by atoms with Crippen LogP contribution in [0.3, 0.4) is 0 Å². The normalized spacial score (nSPS) is 17.1. The van der Waals surface area contributed by atoms with Gasteiger partial charge in [-0.1, -0.05) is 24.3 Å². The van der Waals surface area contributed by atoms with Crippen LogP contribution in [0.25, 0.3) is 0 Å². The molecule has 1 heterocycles. The number of benzene rings is 1. The number of carbonyl (C=O) groups excluding carboxylic acids is 1. The Morgan fingerprint density at radius 3 is 2.58 bits per heavy atom. The lowest BCUT2D eigenvalue weighted by Gasteiger charge is -2.24. The van der Waals surface area contributed by atoms with E-state index in [0.717, 1.165) is 13.1 Å². The maximum absolute atomic E-state index is 12.1. The van der Waals surface area contributed by atoms with Gasteiger partial charge in [0.15, 0.2) is 0 Å². The van der Waals surface area contributed by atoms with Crippen molar-refractivity contribution in [1.29, 1.82) is 0 Å². The summed E-state index contributed by atoms with van der Waals surface area (Å²) in [5.41, 5.74) is 2.42. The average molecular weight is 378 g/mol. The number of morpholine rings is 1. The Labute approximate surface area is 157 Å². The summed E-state index contributed by atoms with van der Waals surface area (Å²) in [6.07, 6.45) is 0. The highest BCUT2D eigenvalue weighted by molar-refractivity contribution is 5.85. The van der Waals surface area contributed by atoms with Crippen LogP contribution in [0, 0.1) is 0 Å². The third-order valence-electron chi connectivity index (χ3n) is 4.11. The molecule has 2 N–H and O–H groups in total. The first kappa shape index (κ1) is 23.1. The van der Waals surface area contributed by atoms with Crippen LogP contribution in [0.1, 0.15) is 25.0 Å². The molecule has 0 spiro atoms. The molecule has 1 aliphatic rings. The Hall–Kier alpha value is -0.850. The van der Waals surface area contributed by atoms with Gasteiger partial charge in [-0.05, 0) is 32.0 Å². The maximum Gasteiger partial charge on any atom is 0.239 e. The van der Waals surface area contributed by atoms with Gasteiger partial charge in [-0.2, -0.15) is 0 Å². The second-order valence-corrected chi connectivity index (χ2v) is 6.08. The summed E-state index contributed by atoms with van der Waals surface area (Å²) in [5, 5.41) is 6.18. The number of rotatable bonds is 6. The van der Waals surface area contributed by atoms with Crippen molar-refractivity contribution in [3.63, 3.8) is 0 Å². The van der Waals surface area contributed by atoms with Crippen molar-refractivity contribution in [1.82, 2.24) is 15.5 Å². The van der Waals surface area contributed by atoms with Crippen molar-refractivity contribution in [2.45, 2.75) is 39.0 Å². The van der Waals surface area contributed by atoms with Gasteiger partial charge < -0.3 is 15.4 Å². The van der Waals surface area contributed by atoms with Crippen LogP contribution >= 0.6 is 24.8 Å². The zero-order valence-electron chi connectivity index (χ0n) is 14.6. The standard InChI is InChI=1S/C17H27N3O2.2ClH/c1-13(2)20(3)11-15-7-5-4-6-14(15)10-19-17(21)16-12-22-9-8-18-16;;/h4-7,13,16,18H,8-12H2,1-3H3,(H,19,21);2*1H. The van der Waals surface area contributed by atoms with Crippen LogP contribution in [-0.2, 0) is 22.6 Å². The lowest BCUT2D eigenvalue weighted by Crippen LogP contribution is -2.51. The number of carbonyl (C=O) groups is 1. The molecule has 1 aromatic carbocycles. The van der Waals surface area contributed by atoms with Gasteiger partial charge in [0.25, 0.3) is 0 Å². The van der Waals surface area contributed by atoms with Crippen LogP contribution in [-0.4, -0.2) is 49.7 Å². The van der Waals surface area contributed by atoms with E-state index in [2.05, 4.69) is 48.6 Å². The lowest BCUT2D eigenvalue weighted by molar-refractivity contribution is -0.126. The fourth-order valence-corrected chi connectivity index (χ4v) is 2.37. The molecule has 138 valence electrons. The molecule has 7 heteroatoms. The van der Waals surface area contributed by atoms with E-state index in [1.54, 1.807) is 0 Å². The Kier molecular flexibility index (Phi) is 11.2. The number of hydrogen-bond acceptors (Lipinski definition) is 4. The molecule has 1 saturated heterocycles. The fraction of sp³-hybridized carbons (Fsp3) is 0.588. The quantitative estimate of drug-likeness (QED) is 0.795. The fourth-order valence-electron chi connectivity index (χ4n) is 2.37. The summed E-state index contributed by atoms with van der Waals surface area (Å²) < 4.78 is 5.33. The highest BCUT2D eigenvalue weighted by Crippen LogP contribution is 2.12. The molecule has 0 bridgehead atoms. The highest BCUT2D eigenvalue weighted by atomic mass is 35.5. The van der Waals surface area contributed by atoms with Crippen molar-refractivity contribution in [3.8, 4) is 0 Å². The number of nitrogens with zero attached hydrogens (tertiary/aromatic N) is 1. The SMILES string of the molecule is CC(C)N(C)Cc1ccccc1CNC(=O)C1COCCN1.Cl.Cl. The summed E-state index contributed by atoms with van der Waals surface area (Å²) >= 11 is 0. The predicted molar refractivity (Wildman–Crippen MR) is 102 cm³/mol. The van der Waals surface area contributed by atoms with Gasteiger partial charge in [0.05, 0.1) is 13.2 Å². The first-order valence-corrected chi connectivity index (χ1v) is 7.93. The minimum absolute atomic E-state index is 0. The third-order valence-corrected chi connectivity index (χ3v) is 4.11. The summed E-state index contributed by atoms with van der Waals surface area (Å²) in [6, 6.07) is 8.52. The monoisotopic (exact) mass is 377 g/mol. The molecule has 1 atom stereocenters. The van der Waals surface area contributed by atoms with Crippen LogP contribution < -0.4 is 10.6 Å². The summed E-state index contributed by atoms with van der Waals surface area (Å²) in [6.45, 7) is 7.65. The number of halogens is 2. The minimum Gasteiger partial charge on any atom is -0.378 e. The summed E-state index contributed by atoms with van der Waals surface area (Å²) in [5.74, 6) is 0.00622. The zero-order chi connectivity index (χ0) is 15.9. The van der Waals surface area contributed by atoms with Gasteiger partial charge in [0.2, 0.25) is 5.91 Å². The van der Waals surface area contributed by atoms with Gasteiger partial charge in [-0.3, -0.25) is 9.69 Å². The van der Waals surface area contributed by atoms with Gasteiger partial charge in [-0.15, -0.1) is 24.8 Å². The molecule has 2 rings (SSSR count). The Bertz CT molecular complexity index is 494. The van der Waals surface area contributed by atoms with Gasteiger partial charge in [-0.25, -0.2) is 0 Å². The predicted octanol–water partition coefficient (Wildman–Crippen LogP) is 1.98. The van der Waals surface area contributed by atoms with Crippen LogP contribution in [0.2, 0.25) is 0 Å². The van der Waals surface area contributed by atoms with Crippen LogP contribution in [0.5, 0.6) is 0 Å². The summed E-state index contributed by atoms with van der Waals surface area (Å²) in [7, 11) is 2.11. The third kappa shape index (κ3) is 6.95. The second kappa shape index (κ2) is 11.7. The van der Waals surface area contributed by atoms with E-state index in [9.17, 15) is 4.79 Å². The first-order chi connectivity index (χ1) is 10.6. The zero-order valence-corrected chi connectivity index (χ0v) is 16.2. The smallest absolute Gasteiger partial charge is 0.239 e. The Morgan fingerprint density at radius 2 is 2.00 bits per heavy atom. The van der Waals surface area contributed by atoms with E-state index in [4.69, 9.17) is 4.74 Å². The molecule has 1 fully saturated rings. The molecule has 0 saturated carbocycles. The average Bonchev–Trinajstić information content (AvgIpc) is 2.54. The maximum atomic E-state index is 12.1. The molecule has 24 heavy (non-hydrogen) atoms. The van der Waals surface area contributed by atoms with Crippen molar-refractivity contribution in [2.24, 2.45) is 0 Å². The molecular formula is C17H29Cl2N3O2. The number of ether oxygens (including phenoxy) is 1. The first-order valence-electron chi connectivity index (χ1n) is 7.93. The molecule has 1 unspecified atom stereocenters. The molecule has 0 radical (unpaired) electrons. The second-order valence-electron chi connectivity index (χ2n) is 6.08. The molecule has 1 aliphatic heterocycles.